The summed E-state index contributed by atoms with van der Waals surface area (Å²) >= 11 is 0. The van der Waals surface area contributed by atoms with Gasteiger partial charge in [0.15, 0.2) is 0 Å². The van der Waals surface area contributed by atoms with E-state index in [0.717, 1.165) is 18.7 Å². The van der Waals surface area contributed by atoms with Crippen molar-refractivity contribution in [2.24, 2.45) is 16.8 Å². The fraction of sp³-hybridized carbons (Fsp3) is 0.500. The molecule has 2 N–H and O–H groups in total. The molecule has 1 saturated heterocycles. The summed E-state index contributed by atoms with van der Waals surface area (Å²) < 4.78 is 0. The maximum absolute atomic E-state index is 12.4. The third kappa shape index (κ3) is 4.80. The summed E-state index contributed by atoms with van der Waals surface area (Å²) in [5.74, 6) is -0.634. The zero-order chi connectivity index (χ0) is 20.1. The highest BCUT2D eigenvalue weighted by molar-refractivity contribution is 6.03. The van der Waals surface area contributed by atoms with Gasteiger partial charge < -0.3 is 15.3 Å². The van der Waals surface area contributed by atoms with Crippen LogP contribution in [0.1, 0.15) is 36.0 Å². The van der Waals surface area contributed by atoms with Gasteiger partial charge in [0.05, 0.1) is 0 Å². The first-order chi connectivity index (χ1) is 13.5. The quantitative estimate of drug-likeness (QED) is 0.741. The van der Waals surface area contributed by atoms with Gasteiger partial charge in [0, 0.05) is 38.3 Å². The van der Waals surface area contributed by atoms with Gasteiger partial charge in [-0.15, -0.1) is 6.58 Å². The Balaban J connectivity index is 1.78. The summed E-state index contributed by atoms with van der Waals surface area (Å²) in [6.45, 7) is 8.04. The maximum atomic E-state index is 12.4. The first-order valence-corrected chi connectivity index (χ1v) is 9.96. The number of benzene rings is 1. The Morgan fingerprint density at radius 1 is 1.39 bits per heavy atom. The minimum Gasteiger partial charge on any atom is -0.481 e. The molecule has 28 heavy (non-hydrogen) atoms. The van der Waals surface area contributed by atoms with Crippen molar-refractivity contribution in [3.63, 3.8) is 0 Å². The first-order valence-electron chi connectivity index (χ1n) is 9.96. The Bertz CT molecular complexity index is 787. The van der Waals surface area contributed by atoms with Crippen molar-refractivity contribution in [1.29, 1.82) is 0 Å². The highest BCUT2D eigenvalue weighted by Gasteiger charge is 2.34. The van der Waals surface area contributed by atoms with Crippen LogP contribution in [0.4, 0.5) is 4.79 Å². The number of hydrogen-bond donors (Lipinski definition) is 2. The second kappa shape index (κ2) is 9.04. The topological polar surface area (TPSA) is 82.0 Å². The molecule has 6 heteroatoms. The number of likely N-dealkylation sites (tertiary alicyclic amines) is 1. The number of amides is 2. The predicted octanol–water partition coefficient (Wildman–Crippen LogP) is 3.04. The van der Waals surface area contributed by atoms with E-state index in [-0.39, 0.29) is 24.3 Å². The van der Waals surface area contributed by atoms with E-state index in [9.17, 15) is 14.7 Å². The fourth-order valence-electron chi connectivity index (χ4n) is 4.26. The van der Waals surface area contributed by atoms with Gasteiger partial charge in [-0.2, -0.15) is 0 Å². The lowest BCUT2D eigenvalue weighted by molar-refractivity contribution is -0.138. The van der Waals surface area contributed by atoms with Gasteiger partial charge in [-0.25, -0.2) is 4.79 Å². The third-order valence-electron chi connectivity index (χ3n) is 5.73. The molecule has 3 rings (SSSR count). The van der Waals surface area contributed by atoms with E-state index in [1.165, 1.54) is 16.7 Å². The van der Waals surface area contributed by atoms with Crippen molar-refractivity contribution in [3.8, 4) is 0 Å². The largest absolute Gasteiger partial charge is 0.481 e. The van der Waals surface area contributed by atoms with Crippen molar-refractivity contribution in [3.05, 3.63) is 47.5 Å². The molecule has 2 aliphatic rings. The lowest BCUT2D eigenvalue weighted by Crippen LogP contribution is -2.49. The number of carbonyl (C=O) groups excluding carboxylic acids is 1. The zero-order valence-corrected chi connectivity index (χ0v) is 16.5. The molecule has 0 aliphatic carbocycles. The summed E-state index contributed by atoms with van der Waals surface area (Å²) in [5.41, 5.74) is 4.75. The number of carbonyl (C=O) groups is 2. The summed E-state index contributed by atoms with van der Waals surface area (Å²) in [7, 11) is 0. The number of aliphatic carboxylic acids is 1. The molecule has 0 bridgehead atoms. The second-order valence-corrected chi connectivity index (χ2v) is 7.77. The van der Waals surface area contributed by atoms with Gasteiger partial charge >= 0.3 is 12.0 Å². The van der Waals surface area contributed by atoms with Crippen molar-refractivity contribution >= 4 is 17.7 Å². The molecule has 1 fully saturated rings. The van der Waals surface area contributed by atoms with Gasteiger partial charge in [-0.05, 0) is 55.2 Å². The van der Waals surface area contributed by atoms with Gasteiger partial charge in [-0.3, -0.25) is 9.79 Å². The van der Waals surface area contributed by atoms with E-state index in [1.807, 2.05) is 0 Å². The van der Waals surface area contributed by atoms with Crippen LogP contribution in [0.2, 0.25) is 0 Å². The van der Waals surface area contributed by atoms with Crippen LogP contribution in [0.5, 0.6) is 0 Å². The van der Waals surface area contributed by atoms with Gasteiger partial charge in [0.1, 0.15) is 0 Å². The molecule has 2 aliphatic heterocycles. The Morgan fingerprint density at radius 3 is 2.96 bits per heavy atom. The van der Waals surface area contributed by atoms with E-state index >= 15 is 0 Å². The average Bonchev–Trinajstić information content (AvgIpc) is 2.67. The lowest BCUT2D eigenvalue weighted by atomic mass is 9.78. The van der Waals surface area contributed by atoms with Crippen LogP contribution >= 0.6 is 0 Å². The molecular weight excluding hydrogens is 354 g/mol. The summed E-state index contributed by atoms with van der Waals surface area (Å²) in [6.07, 6.45) is 4.15. The van der Waals surface area contributed by atoms with Crippen molar-refractivity contribution in [2.75, 3.05) is 26.2 Å². The van der Waals surface area contributed by atoms with Crippen molar-refractivity contribution in [1.82, 2.24) is 10.2 Å². The van der Waals surface area contributed by atoms with Crippen LogP contribution in [0.3, 0.4) is 0 Å². The molecule has 0 saturated carbocycles. The first kappa shape index (κ1) is 20.1. The van der Waals surface area contributed by atoms with Crippen LogP contribution in [0.25, 0.3) is 0 Å². The number of carboxylic acids is 1. The molecule has 150 valence electrons. The number of nitrogens with one attached hydrogen (secondary N) is 1. The summed E-state index contributed by atoms with van der Waals surface area (Å²) in [6, 6.07) is 6.36. The Morgan fingerprint density at radius 2 is 2.21 bits per heavy atom. The number of hydrogen-bond acceptors (Lipinski definition) is 3. The minimum atomic E-state index is -0.776. The molecule has 2 unspecified atom stereocenters. The smallest absolute Gasteiger partial charge is 0.317 e. The van der Waals surface area contributed by atoms with Crippen LogP contribution in [0, 0.1) is 18.8 Å². The van der Waals surface area contributed by atoms with E-state index in [1.54, 1.807) is 11.0 Å². The summed E-state index contributed by atoms with van der Waals surface area (Å²) in [4.78, 5) is 30.3. The van der Waals surface area contributed by atoms with Gasteiger partial charge in [0.2, 0.25) is 0 Å². The van der Waals surface area contributed by atoms with Crippen LogP contribution < -0.4 is 5.32 Å². The maximum Gasteiger partial charge on any atom is 0.317 e. The van der Waals surface area contributed by atoms with Crippen molar-refractivity contribution < 1.29 is 14.7 Å². The van der Waals surface area contributed by atoms with E-state index < -0.39 is 5.97 Å². The number of aryl methyl sites for hydroxylation is 1. The van der Waals surface area contributed by atoms with Crippen LogP contribution in [-0.4, -0.2) is 53.9 Å². The molecule has 0 aromatic heterocycles. The number of piperidine rings is 1. The zero-order valence-electron chi connectivity index (χ0n) is 16.5. The number of carboxylic acid groups (broad SMARTS) is 1. The highest BCUT2D eigenvalue weighted by Crippen LogP contribution is 2.32. The standard InChI is InChI=1S/C22H29N3O3/c1-3-8-24-22(28)25-10-7-17(13-21(26)27)18(14-25)12-20-19-11-15(2)4-5-16(19)6-9-23-20/h3-5,11,17-18H,1,6-10,12-14H2,2H3,(H,24,28)(H,26,27). The Hall–Kier alpha value is -2.63. The van der Waals surface area contributed by atoms with Gasteiger partial charge in [-0.1, -0.05) is 23.8 Å². The van der Waals surface area contributed by atoms with E-state index in [0.29, 0.717) is 32.5 Å². The fourth-order valence-corrected chi connectivity index (χ4v) is 4.26. The molecule has 0 spiro atoms. The third-order valence-corrected chi connectivity index (χ3v) is 5.73. The van der Waals surface area contributed by atoms with E-state index in [2.05, 4.69) is 37.0 Å². The average molecular weight is 383 g/mol. The number of rotatable bonds is 6. The molecule has 2 atom stereocenters. The second-order valence-electron chi connectivity index (χ2n) is 7.77. The van der Waals surface area contributed by atoms with Crippen LogP contribution in [-0.2, 0) is 11.2 Å². The Kier molecular flexibility index (Phi) is 6.49. The van der Waals surface area contributed by atoms with E-state index in [4.69, 9.17) is 4.99 Å². The van der Waals surface area contributed by atoms with Crippen LogP contribution in [0.15, 0.2) is 35.8 Å². The molecule has 2 amide bonds. The number of aliphatic imine (C=N–C) groups is 1. The monoisotopic (exact) mass is 383 g/mol. The molecule has 6 nitrogen and oxygen atoms in total. The molecule has 0 radical (unpaired) electrons. The highest BCUT2D eigenvalue weighted by atomic mass is 16.4. The normalized spacial score (nSPS) is 21.5. The SMILES string of the molecule is C=CCNC(=O)N1CCC(CC(=O)O)C(CC2=NCCc3ccc(C)cc32)C1. The number of fused-ring (bicyclic) bond motifs is 1. The summed E-state index contributed by atoms with van der Waals surface area (Å²) in [5, 5.41) is 12.2. The number of urea groups is 1. The molecule has 1 aromatic rings. The lowest BCUT2D eigenvalue weighted by Gasteiger charge is -2.38. The minimum absolute atomic E-state index is 0.0545. The van der Waals surface area contributed by atoms with Gasteiger partial charge in [0.25, 0.3) is 0 Å². The Labute approximate surface area is 166 Å². The van der Waals surface area contributed by atoms with Crippen molar-refractivity contribution in [2.45, 2.75) is 32.6 Å². The molecule has 2 heterocycles. The molecule has 1 aromatic carbocycles. The predicted molar refractivity (Wildman–Crippen MR) is 110 cm³/mol. The number of nitrogens with zero attached hydrogens (tertiary/aromatic N) is 2. The molecular formula is C22H29N3O3.